The van der Waals surface area contributed by atoms with Crippen LogP contribution in [0.1, 0.15) is 56.9 Å². The summed E-state index contributed by atoms with van der Waals surface area (Å²) in [6, 6.07) is 8.96. The van der Waals surface area contributed by atoms with Crippen LogP contribution in [0.25, 0.3) is 44.3 Å². The van der Waals surface area contributed by atoms with Crippen LogP contribution in [0, 0.1) is 11.3 Å². The molecule has 1 spiro atoms. The van der Waals surface area contributed by atoms with E-state index in [1.165, 1.54) is 19.3 Å². The third-order valence-corrected chi connectivity index (χ3v) is 10.9. The number of piperidine rings is 1. The number of hydrogen-bond donors (Lipinski definition) is 1. The van der Waals surface area contributed by atoms with E-state index in [0.717, 1.165) is 94.3 Å². The minimum Gasteiger partial charge on any atom is -0.339 e. The van der Waals surface area contributed by atoms with Crippen molar-refractivity contribution >= 4 is 33.5 Å². The van der Waals surface area contributed by atoms with Gasteiger partial charge in [0.1, 0.15) is 5.65 Å². The maximum Gasteiger partial charge on any atom is 0.237 e. The molecule has 1 saturated heterocycles. The maximum absolute atomic E-state index is 14.4. The zero-order valence-electron chi connectivity index (χ0n) is 25.6. The molecular formula is C34H37N9O. The Morgan fingerprint density at radius 3 is 2.50 bits per heavy atom. The molecule has 4 aromatic heterocycles. The van der Waals surface area contributed by atoms with Crippen molar-refractivity contribution < 1.29 is 4.79 Å². The van der Waals surface area contributed by atoms with Gasteiger partial charge < -0.3 is 9.88 Å². The summed E-state index contributed by atoms with van der Waals surface area (Å²) < 4.78 is 3.70. The number of amides is 1. The Kier molecular flexibility index (Phi) is 6.01. The van der Waals surface area contributed by atoms with E-state index >= 15 is 0 Å². The van der Waals surface area contributed by atoms with Crippen LogP contribution in [0.15, 0.2) is 43.0 Å². The highest BCUT2D eigenvalue weighted by molar-refractivity contribution is 6.16. The monoisotopic (exact) mass is 587 g/mol. The Labute approximate surface area is 256 Å². The normalized spacial score (nSPS) is 19.7. The number of fused-ring (bicyclic) bond motifs is 5. The van der Waals surface area contributed by atoms with Crippen molar-refractivity contribution in [3.8, 4) is 28.5 Å². The van der Waals surface area contributed by atoms with Crippen LogP contribution in [-0.4, -0.2) is 66.0 Å². The molecule has 224 valence electrons. The number of likely N-dealkylation sites (N-methyl/N-ethyl adjacent to an activating group) is 1. The fourth-order valence-corrected chi connectivity index (χ4v) is 8.58. The van der Waals surface area contributed by atoms with E-state index in [1.807, 2.05) is 60.2 Å². The van der Waals surface area contributed by atoms with Crippen LogP contribution in [0.4, 0.5) is 5.69 Å². The molecule has 0 bridgehead atoms. The van der Waals surface area contributed by atoms with Crippen LogP contribution in [-0.2, 0) is 24.3 Å². The topological polar surface area (TPSA) is 112 Å². The second-order valence-corrected chi connectivity index (χ2v) is 13.1. The molecular weight excluding hydrogens is 550 g/mol. The summed E-state index contributed by atoms with van der Waals surface area (Å²) in [7, 11) is 5.77. The quantitative estimate of drug-likeness (QED) is 0.300. The number of anilines is 1. The van der Waals surface area contributed by atoms with Gasteiger partial charge in [0.25, 0.3) is 0 Å². The molecule has 2 fully saturated rings. The largest absolute Gasteiger partial charge is 0.339 e. The van der Waals surface area contributed by atoms with Crippen molar-refractivity contribution in [2.75, 3.05) is 25.0 Å². The second kappa shape index (κ2) is 9.76. The highest BCUT2D eigenvalue weighted by atomic mass is 16.2. The van der Waals surface area contributed by atoms with Gasteiger partial charge in [-0.1, -0.05) is 25.3 Å². The maximum atomic E-state index is 14.4. The van der Waals surface area contributed by atoms with E-state index in [1.54, 1.807) is 0 Å². The van der Waals surface area contributed by atoms with E-state index in [4.69, 9.17) is 4.98 Å². The summed E-state index contributed by atoms with van der Waals surface area (Å²) in [6.45, 7) is 1.61. The molecule has 10 heteroatoms. The zero-order chi connectivity index (χ0) is 30.2. The Bertz CT molecular complexity index is 1970. The number of hydrogen-bond acceptors (Lipinski definition) is 6. The fraction of sp³-hybridized carbons (Fsp3) is 0.441. The van der Waals surface area contributed by atoms with Gasteiger partial charge in [0.2, 0.25) is 5.91 Å². The number of nitrogens with zero attached hydrogens (tertiary/aromatic N) is 8. The molecule has 2 aliphatic heterocycles. The van der Waals surface area contributed by atoms with E-state index in [9.17, 15) is 10.1 Å². The number of benzene rings is 1. The predicted molar refractivity (Wildman–Crippen MR) is 170 cm³/mol. The van der Waals surface area contributed by atoms with E-state index in [0.29, 0.717) is 6.42 Å². The molecule has 1 saturated carbocycles. The summed E-state index contributed by atoms with van der Waals surface area (Å²) in [5.74, 6) is 0.150. The Hall–Kier alpha value is -4.49. The number of aromatic amines is 1. The van der Waals surface area contributed by atoms with Gasteiger partial charge in [0.15, 0.2) is 0 Å². The molecule has 1 aromatic carbocycles. The Morgan fingerprint density at radius 1 is 0.977 bits per heavy atom. The summed E-state index contributed by atoms with van der Waals surface area (Å²) in [4.78, 5) is 27.3. The van der Waals surface area contributed by atoms with Crippen LogP contribution in [0.2, 0.25) is 0 Å². The molecule has 10 nitrogen and oxygen atoms in total. The number of pyridine rings is 1. The van der Waals surface area contributed by atoms with E-state index in [-0.39, 0.29) is 11.4 Å². The minimum absolute atomic E-state index is 0.0651. The van der Waals surface area contributed by atoms with Crippen molar-refractivity contribution in [1.82, 2.24) is 34.4 Å². The van der Waals surface area contributed by atoms with Gasteiger partial charge in [-0.3, -0.25) is 19.1 Å². The molecule has 0 atom stereocenters. The molecule has 6 heterocycles. The highest BCUT2D eigenvalue weighted by Crippen LogP contribution is 2.54. The predicted octanol–water partition coefficient (Wildman–Crippen LogP) is 5.44. The first kappa shape index (κ1) is 27.1. The van der Waals surface area contributed by atoms with Crippen molar-refractivity contribution in [3.05, 3.63) is 48.5 Å². The van der Waals surface area contributed by atoms with E-state index < -0.39 is 5.41 Å². The Balaban J connectivity index is 1.32. The average molecular weight is 588 g/mol. The number of nitrogens with one attached hydrogen (secondary N) is 1. The molecule has 1 amide bonds. The first-order chi connectivity index (χ1) is 21.3. The van der Waals surface area contributed by atoms with Crippen LogP contribution < -0.4 is 4.90 Å². The highest BCUT2D eigenvalue weighted by Gasteiger charge is 2.54. The fourth-order valence-electron chi connectivity index (χ4n) is 8.58. The van der Waals surface area contributed by atoms with Gasteiger partial charge in [-0.2, -0.15) is 15.5 Å². The molecule has 0 unspecified atom stereocenters. The van der Waals surface area contributed by atoms with Gasteiger partial charge in [-0.05, 0) is 43.4 Å². The Morgan fingerprint density at radius 2 is 1.77 bits per heavy atom. The smallest absolute Gasteiger partial charge is 0.237 e. The second-order valence-electron chi connectivity index (χ2n) is 13.1. The molecule has 44 heavy (non-hydrogen) atoms. The van der Waals surface area contributed by atoms with Crippen LogP contribution >= 0.6 is 0 Å². The first-order valence-electron chi connectivity index (χ1n) is 15.7. The first-order valence-corrected chi connectivity index (χ1v) is 15.7. The number of rotatable bonds is 4. The van der Waals surface area contributed by atoms with Crippen LogP contribution in [0.5, 0.6) is 0 Å². The van der Waals surface area contributed by atoms with Crippen molar-refractivity contribution in [2.45, 2.75) is 62.3 Å². The molecule has 1 aliphatic carbocycles. The van der Waals surface area contributed by atoms with E-state index in [2.05, 4.69) is 44.3 Å². The van der Waals surface area contributed by atoms with Gasteiger partial charge in [0, 0.05) is 73.4 Å². The third kappa shape index (κ3) is 3.75. The summed E-state index contributed by atoms with van der Waals surface area (Å²) in [6.07, 6.45) is 15.4. The number of nitriles is 1. The standard InChI is InChI=1S/C34H37N9O/c1-40-21-24(19-37-40)30-27(22-7-8-25-23(17-22)18-38-42(25)3)28-29-26(20-36-31(28)39-30)41(2)32(44)34(29)12-15-43(16-13-34)33(11-14-35)9-5-4-6-10-33/h7-8,17-21H,4-6,9-13,15-16H2,1-3H3,(H,36,39). The SMILES string of the molecule is CN1C(=O)C2(CCN(C3(CC#N)CCCCC3)CC2)c2c1cnc1[nH]c(-c3cnn(C)c3)c(-c3ccc4c(cnn4C)c3)c21. The van der Waals surface area contributed by atoms with Crippen molar-refractivity contribution in [3.63, 3.8) is 0 Å². The third-order valence-electron chi connectivity index (χ3n) is 10.9. The van der Waals surface area contributed by atoms with Gasteiger partial charge in [-0.25, -0.2) is 4.98 Å². The number of likely N-dealkylation sites (tertiary alicyclic amines) is 1. The van der Waals surface area contributed by atoms with Crippen molar-refractivity contribution in [2.24, 2.45) is 14.1 Å². The lowest BCUT2D eigenvalue weighted by molar-refractivity contribution is -0.125. The number of aryl methyl sites for hydroxylation is 2. The van der Waals surface area contributed by atoms with Gasteiger partial charge in [-0.15, -0.1) is 0 Å². The summed E-state index contributed by atoms with van der Waals surface area (Å²) >= 11 is 0. The summed E-state index contributed by atoms with van der Waals surface area (Å²) in [5.41, 5.74) is 7.11. The summed E-state index contributed by atoms with van der Waals surface area (Å²) in [5, 5.41) is 20.8. The number of H-pyrrole nitrogens is 1. The molecule has 5 aromatic rings. The zero-order valence-corrected chi connectivity index (χ0v) is 25.6. The molecule has 3 aliphatic rings. The lowest BCUT2D eigenvalue weighted by Crippen LogP contribution is -2.57. The number of carbonyl (C=O) groups is 1. The van der Waals surface area contributed by atoms with Gasteiger partial charge >= 0.3 is 0 Å². The molecule has 0 radical (unpaired) electrons. The van der Waals surface area contributed by atoms with Gasteiger partial charge in [0.05, 0.1) is 53.4 Å². The van der Waals surface area contributed by atoms with Crippen molar-refractivity contribution in [1.29, 1.82) is 5.26 Å². The lowest BCUT2D eigenvalue weighted by atomic mass is 9.70. The van der Waals surface area contributed by atoms with Crippen LogP contribution in [0.3, 0.4) is 0 Å². The minimum atomic E-state index is -0.647. The average Bonchev–Trinajstić information content (AvgIpc) is 3.79. The number of aromatic nitrogens is 6. The molecule has 8 rings (SSSR count). The number of carbonyl (C=O) groups excluding carboxylic acids is 1. The lowest BCUT2D eigenvalue weighted by Gasteiger charge is -2.50. The molecule has 1 N–H and O–H groups in total.